The van der Waals surface area contributed by atoms with E-state index in [1.807, 2.05) is 14.0 Å². The van der Waals surface area contributed by atoms with Crippen molar-refractivity contribution >= 4 is 5.97 Å². The van der Waals surface area contributed by atoms with Crippen LogP contribution in [0.2, 0.25) is 0 Å². The molecule has 0 aliphatic carbocycles. The van der Waals surface area contributed by atoms with E-state index in [2.05, 4.69) is 17.0 Å². The normalized spacial score (nSPS) is 16.4. The Kier molecular flexibility index (Phi) is 5.76. The number of ether oxygens (including phenoxy) is 2. The van der Waals surface area contributed by atoms with Crippen LogP contribution in [0.4, 0.5) is 0 Å². The molecule has 0 atom stereocenters. The second-order valence-electron chi connectivity index (χ2n) is 5.60. The van der Waals surface area contributed by atoms with Crippen LogP contribution in [0.5, 0.6) is 0 Å². The molecule has 1 aromatic heterocycles. The maximum absolute atomic E-state index is 11.9. The summed E-state index contributed by atoms with van der Waals surface area (Å²) in [7, 11) is 3.94. The lowest BCUT2D eigenvalue weighted by molar-refractivity contribution is 0.0517. The molecule has 6 heteroatoms. The van der Waals surface area contributed by atoms with Gasteiger partial charge in [-0.15, -0.1) is 0 Å². The molecular weight excluding hydrogens is 270 g/mol. The van der Waals surface area contributed by atoms with Crippen molar-refractivity contribution in [2.75, 3.05) is 33.4 Å². The van der Waals surface area contributed by atoms with Gasteiger partial charge in [0.05, 0.1) is 18.5 Å². The van der Waals surface area contributed by atoms with Crippen molar-refractivity contribution in [1.29, 1.82) is 0 Å². The molecule has 2 heterocycles. The van der Waals surface area contributed by atoms with E-state index in [4.69, 9.17) is 9.47 Å². The van der Waals surface area contributed by atoms with Crippen LogP contribution in [0.3, 0.4) is 0 Å². The van der Waals surface area contributed by atoms with E-state index in [9.17, 15) is 4.79 Å². The average Bonchev–Trinajstić information content (AvgIpc) is 2.81. The van der Waals surface area contributed by atoms with Gasteiger partial charge in [0, 0.05) is 33.4 Å². The molecule has 0 spiro atoms. The first kappa shape index (κ1) is 16.0. The van der Waals surface area contributed by atoms with Crippen LogP contribution in [0.1, 0.15) is 35.8 Å². The number of hydrogen-bond donors (Lipinski definition) is 0. The standard InChI is InChI=1S/C15H25N3O3/c1-4-21-15(19)13-9-16-18(3)14(13)11-17(2)10-12-5-7-20-8-6-12/h9,12H,4-8,10-11H2,1-3H3. The number of esters is 1. The van der Waals surface area contributed by atoms with Gasteiger partial charge in [-0.25, -0.2) is 4.79 Å². The van der Waals surface area contributed by atoms with Gasteiger partial charge in [-0.3, -0.25) is 4.68 Å². The molecule has 0 aromatic carbocycles. The molecule has 118 valence electrons. The molecule has 1 saturated heterocycles. The predicted molar refractivity (Wildman–Crippen MR) is 79.0 cm³/mol. The minimum atomic E-state index is -0.292. The van der Waals surface area contributed by atoms with Gasteiger partial charge in [0.15, 0.2) is 0 Å². The lowest BCUT2D eigenvalue weighted by Crippen LogP contribution is -2.30. The fraction of sp³-hybridized carbons (Fsp3) is 0.733. The Hall–Kier alpha value is -1.40. The minimum absolute atomic E-state index is 0.292. The van der Waals surface area contributed by atoms with Crippen molar-refractivity contribution < 1.29 is 14.3 Å². The second kappa shape index (κ2) is 7.56. The zero-order valence-corrected chi connectivity index (χ0v) is 13.2. The van der Waals surface area contributed by atoms with Crippen molar-refractivity contribution in [2.24, 2.45) is 13.0 Å². The molecule has 1 fully saturated rings. The Balaban J connectivity index is 1.97. The van der Waals surface area contributed by atoms with Crippen molar-refractivity contribution in [1.82, 2.24) is 14.7 Å². The largest absolute Gasteiger partial charge is 0.462 e. The molecule has 0 saturated carbocycles. The van der Waals surface area contributed by atoms with Gasteiger partial charge in [0.1, 0.15) is 5.56 Å². The zero-order chi connectivity index (χ0) is 15.2. The van der Waals surface area contributed by atoms with Gasteiger partial charge >= 0.3 is 5.97 Å². The highest BCUT2D eigenvalue weighted by molar-refractivity contribution is 5.90. The molecule has 1 aromatic rings. The summed E-state index contributed by atoms with van der Waals surface area (Å²) in [5, 5.41) is 4.19. The summed E-state index contributed by atoms with van der Waals surface area (Å²) in [6.07, 6.45) is 3.82. The van der Waals surface area contributed by atoms with E-state index in [1.165, 1.54) is 0 Å². The molecule has 0 radical (unpaired) electrons. The SMILES string of the molecule is CCOC(=O)c1cnn(C)c1CN(C)CC1CCOCC1. The molecule has 1 aliphatic rings. The second-order valence-corrected chi connectivity index (χ2v) is 5.60. The first-order chi connectivity index (χ1) is 10.1. The molecule has 0 N–H and O–H groups in total. The van der Waals surface area contributed by atoms with Crippen molar-refractivity contribution in [3.63, 3.8) is 0 Å². The van der Waals surface area contributed by atoms with Gasteiger partial charge in [0.2, 0.25) is 0 Å². The van der Waals surface area contributed by atoms with Crippen LogP contribution in [0.15, 0.2) is 6.20 Å². The Bertz CT molecular complexity index is 467. The third kappa shape index (κ3) is 4.28. The molecule has 21 heavy (non-hydrogen) atoms. The van der Waals surface area contributed by atoms with E-state index in [0.29, 0.717) is 24.6 Å². The van der Waals surface area contributed by atoms with E-state index >= 15 is 0 Å². The number of carbonyl (C=O) groups is 1. The van der Waals surface area contributed by atoms with Gasteiger partial charge in [0.25, 0.3) is 0 Å². The Labute approximate surface area is 126 Å². The Morgan fingerprint density at radius 2 is 2.24 bits per heavy atom. The highest BCUT2D eigenvalue weighted by Crippen LogP contribution is 2.18. The Morgan fingerprint density at radius 1 is 1.52 bits per heavy atom. The third-order valence-electron chi connectivity index (χ3n) is 3.89. The van der Waals surface area contributed by atoms with Crippen LogP contribution in [0, 0.1) is 5.92 Å². The first-order valence-corrected chi connectivity index (χ1v) is 7.56. The molecule has 2 rings (SSSR count). The Morgan fingerprint density at radius 3 is 2.90 bits per heavy atom. The van der Waals surface area contributed by atoms with Gasteiger partial charge in [-0.05, 0) is 32.7 Å². The molecular formula is C15H25N3O3. The van der Waals surface area contributed by atoms with E-state index in [0.717, 1.165) is 38.3 Å². The van der Waals surface area contributed by atoms with E-state index < -0.39 is 0 Å². The minimum Gasteiger partial charge on any atom is -0.462 e. The van der Waals surface area contributed by atoms with Crippen LogP contribution in [0.25, 0.3) is 0 Å². The highest BCUT2D eigenvalue weighted by Gasteiger charge is 2.20. The fourth-order valence-corrected chi connectivity index (χ4v) is 2.72. The number of nitrogens with zero attached hydrogens (tertiary/aromatic N) is 3. The maximum Gasteiger partial charge on any atom is 0.341 e. The average molecular weight is 295 g/mol. The molecule has 0 amide bonds. The number of aromatic nitrogens is 2. The van der Waals surface area contributed by atoms with Gasteiger partial charge in [-0.2, -0.15) is 5.10 Å². The third-order valence-corrected chi connectivity index (χ3v) is 3.89. The van der Waals surface area contributed by atoms with Crippen LogP contribution < -0.4 is 0 Å². The summed E-state index contributed by atoms with van der Waals surface area (Å²) in [5.41, 5.74) is 1.47. The summed E-state index contributed by atoms with van der Waals surface area (Å²) in [6.45, 7) is 5.62. The van der Waals surface area contributed by atoms with E-state index in [-0.39, 0.29) is 5.97 Å². The number of aryl methyl sites for hydroxylation is 1. The van der Waals surface area contributed by atoms with Crippen molar-refractivity contribution in [2.45, 2.75) is 26.3 Å². The number of rotatable bonds is 6. The zero-order valence-electron chi connectivity index (χ0n) is 13.2. The molecule has 1 aliphatic heterocycles. The fourth-order valence-electron chi connectivity index (χ4n) is 2.72. The lowest BCUT2D eigenvalue weighted by atomic mass is 10.00. The van der Waals surface area contributed by atoms with Gasteiger partial charge < -0.3 is 14.4 Å². The van der Waals surface area contributed by atoms with Gasteiger partial charge in [-0.1, -0.05) is 0 Å². The monoisotopic (exact) mass is 295 g/mol. The van der Waals surface area contributed by atoms with Crippen LogP contribution in [-0.2, 0) is 23.1 Å². The summed E-state index contributed by atoms with van der Waals surface area (Å²) >= 11 is 0. The number of carbonyl (C=O) groups excluding carboxylic acids is 1. The smallest absolute Gasteiger partial charge is 0.341 e. The summed E-state index contributed by atoms with van der Waals surface area (Å²) in [6, 6.07) is 0. The first-order valence-electron chi connectivity index (χ1n) is 7.56. The summed E-state index contributed by atoms with van der Waals surface area (Å²) < 4.78 is 12.2. The quantitative estimate of drug-likeness (QED) is 0.744. The molecule has 0 bridgehead atoms. The maximum atomic E-state index is 11.9. The van der Waals surface area contributed by atoms with Crippen molar-refractivity contribution in [3.05, 3.63) is 17.5 Å². The van der Waals surface area contributed by atoms with Crippen LogP contribution in [-0.4, -0.2) is 54.1 Å². The summed E-state index contributed by atoms with van der Waals surface area (Å²) in [5.74, 6) is 0.378. The lowest BCUT2D eigenvalue weighted by Gasteiger charge is -2.27. The highest BCUT2D eigenvalue weighted by atomic mass is 16.5. The van der Waals surface area contributed by atoms with E-state index in [1.54, 1.807) is 10.9 Å². The molecule has 6 nitrogen and oxygen atoms in total. The summed E-state index contributed by atoms with van der Waals surface area (Å²) in [4.78, 5) is 14.2. The van der Waals surface area contributed by atoms with Crippen LogP contribution >= 0.6 is 0 Å². The van der Waals surface area contributed by atoms with Crippen molar-refractivity contribution in [3.8, 4) is 0 Å². The molecule has 0 unspecified atom stereocenters. The predicted octanol–water partition coefficient (Wildman–Crippen LogP) is 1.46. The number of hydrogen-bond acceptors (Lipinski definition) is 5. The topological polar surface area (TPSA) is 56.6 Å².